The summed E-state index contributed by atoms with van der Waals surface area (Å²) in [7, 11) is -1.76. The van der Waals surface area contributed by atoms with E-state index in [0.717, 1.165) is 21.0 Å². The fourth-order valence-corrected chi connectivity index (χ4v) is 9.49. The molecule has 0 radical (unpaired) electrons. The van der Waals surface area contributed by atoms with Crippen molar-refractivity contribution in [2.45, 2.75) is 0 Å². The fourth-order valence-electron chi connectivity index (χ4n) is 0.465. The lowest BCUT2D eigenvalue weighted by molar-refractivity contribution is 0.347. The van der Waals surface area contributed by atoms with Crippen molar-refractivity contribution in [1.29, 1.82) is 0 Å². The average Bonchev–Trinajstić information content (AvgIpc) is 2.16. The maximum atomic E-state index is 5.17. The van der Waals surface area contributed by atoms with Crippen LogP contribution in [0.4, 0.5) is 0 Å². The lowest BCUT2D eigenvalue weighted by Gasteiger charge is -2.10. The summed E-state index contributed by atoms with van der Waals surface area (Å²) in [5, 5.41) is 0. The lowest BCUT2D eigenvalue weighted by Crippen LogP contribution is -2.23. The van der Waals surface area contributed by atoms with Gasteiger partial charge in [0.25, 0.3) is 50.0 Å². The second-order valence-corrected chi connectivity index (χ2v) is 14.6. The van der Waals surface area contributed by atoms with Crippen molar-refractivity contribution in [3.8, 4) is 0 Å². The third kappa shape index (κ3) is 13.3. The smallest absolute Gasteiger partial charge is 0.286 e. The Hall–Kier alpha value is 1.28. The fraction of sp³-hybridized carbons (Fsp3) is 0. The summed E-state index contributed by atoms with van der Waals surface area (Å²) in [4.78, 5) is 0. The third-order valence-electron chi connectivity index (χ3n) is 0.833. The SMILES string of the molecule is O1[SiH2]O[SiH2]O[SiH2]O[SiH2]O[SiH2]1.[SiH3]O[SiH3]. The minimum Gasteiger partial charge on any atom is -0.471 e. The van der Waals surface area contributed by atoms with Crippen LogP contribution in [0.5, 0.6) is 0 Å². The quantitative estimate of drug-likeness (QED) is 0.415. The molecule has 80 valence electrons. The van der Waals surface area contributed by atoms with Crippen molar-refractivity contribution in [3.63, 3.8) is 0 Å². The molecule has 13 heteroatoms. The van der Waals surface area contributed by atoms with Crippen molar-refractivity contribution in [2.24, 2.45) is 0 Å². The molecule has 0 spiro atoms. The summed E-state index contributed by atoms with van der Waals surface area (Å²) < 4.78 is 30.4. The highest BCUT2D eigenvalue weighted by Gasteiger charge is 1.97. The van der Waals surface area contributed by atoms with Crippen LogP contribution in [-0.2, 0) is 24.7 Å². The van der Waals surface area contributed by atoms with Crippen LogP contribution in [0.15, 0.2) is 0 Å². The van der Waals surface area contributed by atoms with Gasteiger partial charge >= 0.3 is 0 Å². The molecule has 0 bridgehead atoms. The van der Waals surface area contributed by atoms with Gasteiger partial charge in [0, 0.05) is 0 Å². The molecule has 1 heterocycles. The van der Waals surface area contributed by atoms with E-state index >= 15 is 0 Å². The molecule has 0 unspecified atom stereocenters. The predicted molar refractivity (Wildman–Crippen MR) is 69.1 cm³/mol. The minimum atomic E-state index is -0.724. The zero-order valence-electron chi connectivity index (χ0n) is 7.99. The molecule has 1 rings (SSSR count). The van der Waals surface area contributed by atoms with Crippen molar-refractivity contribution < 1.29 is 24.7 Å². The summed E-state index contributed by atoms with van der Waals surface area (Å²) in [5.41, 5.74) is 0. The molecule has 0 atom stereocenters. The topological polar surface area (TPSA) is 55.4 Å². The Labute approximate surface area is 95.7 Å². The van der Waals surface area contributed by atoms with Crippen LogP contribution in [0, 0.1) is 0 Å². The van der Waals surface area contributed by atoms with E-state index in [4.69, 9.17) is 20.6 Å². The Kier molecular flexibility index (Phi) is 14.6. The van der Waals surface area contributed by atoms with Gasteiger partial charge in [-0.2, -0.15) is 0 Å². The monoisotopic (exact) mass is 308 g/mol. The van der Waals surface area contributed by atoms with E-state index in [-0.39, 0.29) is 0 Å². The van der Waals surface area contributed by atoms with E-state index in [9.17, 15) is 0 Å². The van der Waals surface area contributed by atoms with Gasteiger partial charge in [-0.15, -0.1) is 0 Å². The van der Waals surface area contributed by atoms with Crippen LogP contribution in [-0.4, -0.2) is 71.0 Å². The van der Waals surface area contributed by atoms with Crippen LogP contribution in [0.3, 0.4) is 0 Å². The van der Waals surface area contributed by atoms with Crippen LogP contribution in [0.1, 0.15) is 0 Å². The number of hydrogen-bond acceptors (Lipinski definition) is 6. The van der Waals surface area contributed by atoms with Crippen LogP contribution < -0.4 is 0 Å². The molecule has 0 aromatic carbocycles. The van der Waals surface area contributed by atoms with E-state index in [2.05, 4.69) is 4.12 Å². The molecule has 6 nitrogen and oxygen atoms in total. The minimum absolute atomic E-state index is 0.724. The van der Waals surface area contributed by atoms with Crippen LogP contribution >= 0.6 is 0 Å². The van der Waals surface area contributed by atoms with Gasteiger partial charge in [0.2, 0.25) is 0 Å². The first kappa shape index (κ1) is 14.3. The highest BCUT2D eigenvalue weighted by Crippen LogP contribution is 1.79. The molecule has 0 aromatic heterocycles. The van der Waals surface area contributed by atoms with Gasteiger partial charge in [0.15, 0.2) is 0 Å². The molecular weight excluding hydrogens is 293 g/mol. The standard InChI is InChI=1S/H10O5Si5.H6OSi2/c1-6-2-8-4-10-5-9-3-7-1;2-1-3/h6-10H2;2-3H3. The maximum Gasteiger partial charge on any atom is 0.286 e. The Morgan fingerprint density at radius 1 is 0.615 bits per heavy atom. The third-order valence-corrected chi connectivity index (χ3v) is 7.50. The van der Waals surface area contributed by atoms with Crippen molar-refractivity contribution >= 4 is 71.0 Å². The van der Waals surface area contributed by atoms with E-state index in [1.165, 1.54) is 0 Å². The molecule has 0 aliphatic carbocycles. The first-order chi connectivity index (χ1) is 6.41. The average molecular weight is 309 g/mol. The number of rotatable bonds is 0. The Balaban J connectivity index is 0.000000424. The molecule has 1 aliphatic rings. The summed E-state index contributed by atoms with van der Waals surface area (Å²) in [6.45, 7) is 0. The summed E-state index contributed by atoms with van der Waals surface area (Å²) in [6, 6.07) is 0. The van der Waals surface area contributed by atoms with Crippen molar-refractivity contribution in [3.05, 3.63) is 0 Å². The zero-order chi connectivity index (χ0) is 9.78. The predicted octanol–water partition coefficient (Wildman–Crippen LogP) is -7.36. The van der Waals surface area contributed by atoms with E-state index in [0.29, 0.717) is 0 Å². The largest absolute Gasteiger partial charge is 0.471 e. The molecule has 13 heavy (non-hydrogen) atoms. The van der Waals surface area contributed by atoms with Crippen LogP contribution in [0.25, 0.3) is 0 Å². The maximum absolute atomic E-state index is 5.17. The number of hydrogen-bond donors (Lipinski definition) is 0. The van der Waals surface area contributed by atoms with Gasteiger partial charge in [-0.05, 0) is 0 Å². The second-order valence-electron chi connectivity index (χ2n) is 2.02. The summed E-state index contributed by atoms with van der Waals surface area (Å²) >= 11 is 0. The van der Waals surface area contributed by atoms with E-state index in [1.54, 1.807) is 0 Å². The van der Waals surface area contributed by atoms with Gasteiger partial charge in [-0.1, -0.05) is 0 Å². The normalized spacial score (nSPS) is 29.5. The molecule has 1 aliphatic heterocycles. The van der Waals surface area contributed by atoms with Crippen LogP contribution in [0.2, 0.25) is 0 Å². The van der Waals surface area contributed by atoms with Crippen molar-refractivity contribution in [1.82, 2.24) is 0 Å². The Morgan fingerprint density at radius 3 is 0.923 bits per heavy atom. The highest BCUT2D eigenvalue weighted by molar-refractivity contribution is 6.50. The molecule has 0 aromatic rings. The molecule has 0 saturated carbocycles. The molecule has 0 amide bonds. The molecule has 1 fully saturated rings. The molecule has 1 saturated heterocycles. The van der Waals surface area contributed by atoms with Gasteiger partial charge in [0.1, 0.15) is 21.0 Å². The highest BCUT2D eigenvalue weighted by atomic mass is 28.4. The summed E-state index contributed by atoms with van der Waals surface area (Å²) in [5.74, 6) is 0. The molecule has 0 N–H and O–H groups in total. The van der Waals surface area contributed by atoms with E-state index in [1.807, 2.05) is 0 Å². The van der Waals surface area contributed by atoms with Gasteiger partial charge < -0.3 is 24.7 Å². The van der Waals surface area contributed by atoms with Gasteiger partial charge in [-0.3, -0.25) is 0 Å². The van der Waals surface area contributed by atoms with Gasteiger partial charge in [-0.25, -0.2) is 0 Å². The lowest BCUT2D eigenvalue weighted by atomic mass is 15.7. The first-order valence-electron chi connectivity index (χ1n) is 3.70. The Bertz CT molecular complexity index is 55.8. The first-order valence-corrected chi connectivity index (χ1v) is 11.1. The van der Waals surface area contributed by atoms with Crippen molar-refractivity contribution in [2.75, 3.05) is 0 Å². The zero-order valence-corrected chi connectivity index (χ0v) is 19.1. The van der Waals surface area contributed by atoms with Gasteiger partial charge in [0.05, 0.1) is 0 Å². The second kappa shape index (κ2) is 13.3. The molecular formula is H16O6Si7. The Morgan fingerprint density at radius 2 is 0.769 bits per heavy atom. The summed E-state index contributed by atoms with van der Waals surface area (Å²) in [6.07, 6.45) is 0. The van der Waals surface area contributed by atoms with E-state index < -0.39 is 50.0 Å².